The number of rotatable bonds is 8. The Labute approximate surface area is 244 Å². The molecule has 1 aliphatic carbocycles. The smallest absolute Gasteiger partial charge is 0.246 e. The number of nitrogens with zero attached hydrogens (tertiary/aromatic N) is 1. The van der Waals surface area contributed by atoms with E-state index >= 15 is 0 Å². The number of carbonyl (C=O) groups is 3. The molecule has 7 rings (SSSR count). The van der Waals surface area contributed by atoms with Crippen LogP contribution in [0.2, 0.25) is 0 Å². The number of amides is 3. The van der Waals surface area contributed by atoms with Gasteiger partial charge >= 0.3 is 0 Å². The van der Waals surface area contributed by atoms with E-state index in [0.29, 0.717) is 29.5 Å². The average Bonchev–Trinajstić information content (AvgIpc) is 3.76. The molecular formula is C32H35N3O7. The summed E-state index contributed by atoms with van der Waals surface area (Å²) in [5, 5.41) is 6.19. The predicted octanol–water partition coefficient (Wildman–Crippen LogP) is 3.55. The summed E-state index contributed by atoms with van der Waals surface area (Å²) in [5.74, 6) is -0.476. The van der Waals surface area contributed by atoms with Gasteiger partial charge in [-0.15, -0.1) is 0 Å². The van der Waals surface area contributed by atoms with Crippen LogP contribution in [0, 0.1) is 11.8 Å². The minimum absolute atomic E-state index is 0.0607. The summed E-state index contributed by atoms with van der Waals surface area (Å²) in [6.07, 6.45) is 8.19. The van der Waals surface area contributed by atoms with Crippen molar-refractivity contribution in [2.24, 2.45) is 11.8 Å². The molecule has 0 aromatic heterocycles. The highest BCUT2D eigenvalue weighted by Crippen LogP contribution is 2.55. The second-order valence-electron chi connectivity index (χ2n) is 11.6. The molecule has 0 unspecified atom stereocenters. The van der Waals surface area contributed by atoms with E-state index in [9.17, 15) is 14.4 Å². The van der Waals surface area contributed by atoms with Crippen LogP contribution >= 0.6 is 0 Å². The molecule has 10 heteroatoms. The van der Waals surface area contributed by atoms with Crippen LogP contribution < -0.4 is 24.8 Å². The maximum atomic E-state index is 14.3. The Kier molecular flexibility index (Phi) is 6.80. The molecule has 2 saturated heterocycles. The average molecular weight is 574 g/mol. The zero-order valence-corrected chi connectivity index (χ0v) is 23.5. The molecule has 4 aliphatic heterocycles. The van der Waals surface area contributed by atoms with E-state index in [4.69, 9.17) is 18.9 Å². The fourth-order valence-electron chi connectivity index (χ4n) is 7.23. The SMILES string of the molecule is CCOc1ccc(NC(=O)[C@@H]2[C@H]3C=C[C@@]4(O3)[C@H]2C(=O)N(Cc2ccc3c(c2)OCO3)[C@@H]4C(=O)NC2CCCCC2)cc1. The van der Waals surface area contributed by atoms with Crippen LogP contribution in [0.3, 0.4) is 0 Å². The van der Waals surface area contributed by atoms with Crippen LogP contribution in [0.4, 0.5) is 5.69 Å². The number of hydrogen-bond donors (Lipinski definition) is 2. The lowest BCUT2D eigenvalue weighted by atomic mass is 9.74. The second-order valence-corrected chi connectivity index (χ2v) is 11.6. The molecule has 42 heavy (non-hydrogen) atoms. The Morgan fingerprint density at radius 2 is 1.81 bits per heavy atom. The molecule has 2 aromatic rings. The molecule has 0 radical (unpaired) electrons. The maximum absolute atomic E-state index is 14.3. The Morgan fingerprint density at radius 1 is 1.02 bits per heavy atom. The number of likely N-dealkylation sites (tertiary alicyclic amines) is 1. The molecule has 1 saturated carbocycles. The second kappa shape index (κ2) is 10.7. The Balaban J connectivity index is 1.18. The van der Waals surface area contributed by atoms with Gasteiger partial charge < -0.3 is 34.5 Å². The molecule has 1 spiro atoms. The van der Waals surface area contributed by atoms with Gasteiger partial charge in [-0.25, -0.2) is 0 Å². The molecule has 5 atom stereocenters. The van der Waals surface area contributed by atoms with Crippen LogP contribution in [-0.4, -0.2) is 59.8 Å². The van der Waals surface area contributed by atoms with Crippen molar-refractivity contribution in [3.8, 4) is 17.2 Å². The molecule has 2 aromatic carbocycles. The van der Waals surface area contributed by atoms with E-state index in [-0.39, 0.29) is 37.1 Å². The van der Waals surface area contributed by atoms with E-state index in [1.165, 1.54) is 0 Å². The van der Waals surface area contributed by atoms with Gasteiger partial charge in [0.15, 0.2) is 11.5 Å². The van der Waals surface area contributed by atoms with Crippen molar-refractivity contribution < 1.29 is 33.3 Å². The lowest BCUT2D eigenvalue weighted by Gasteiger charge is -2.34. The van der Waals surface area contributed by atoms with Gasteiger partial charge in [-0.3, -0.25) is 14.4 Å². The number of nitrogens with one attached hydrogen (secondary N) is 2. The third-order valence-corrected chi connectivity index (χ3v) is 9.10. The monoisotopic (exact) mass is 573 g/mol. The fraction of sp³-hybridized carbons (Fsp3) is 0.469. The van der Waals surface area contributed by atoms with E-state index in [1.54, 1.807) is 29.2 Å². The van der Waals surface area contributed by atoms with Gasteiger partial charge in [0, 0.05) is 18.3 Å². The maximum Gasteiger partial charge on any atom is 0.246 e. The normalized spacial score (nSPS) is 29.1. The number of carbonyl (C=O) groups excluding carboxylic acids is 3. The Bertz CT molecular complexity index is 1420. The first-order valence-corrected chi connectivity index (χ1v) is 14.9. The number of benzene rings is 2. The van der Waals surface area contributed by atoms with E-state index in [1.807, 2.05) is 37.3 Å². The fourth-order valence-corrected chi connectivity index (χ4v) is 7.23. The predicted molar refractivity (Wildman–Crippen MR) is 152 cm³/mol. The van der Waals surface area contributed by atoms with Gasteiger partial charge in [0.2, 0.25) is 24.5 Å². The van der Waals surface area contributed by atoms with Crippen molar-refractivity contribution in [1.29, 1.82) is 0 Å². The van der Waals surface area contributed by atoms with Crippen molar-refractivity contribution in [2.75, 3.05) is 18.7 Å². The van der Waals surface area contributed by atoms with Gasteiger partial charge in [0.1, 0.15) is 17.4 Å². The summed E-state index contributed by atoms with van der Waals surface area (Å²) in [4.78, 5) is 43.6. The molecule has 4 heterocycles. The summed E-state index contributed by atoms with van der Waals surface area (Å²) in [7, 11) is 0. The molecule has 3 amide bonds. The van der Waals surface area contributed by atoms with E-state index < -0.39 is 29.6 Å². The Morgan fingerprint density at radius 3 is 2.60 bits per heavy atom. The van der Waals surface area contributed by atoms with Crippen LogP contribution in [0.1, 0.15) is 44.6 Å². The van der Waals surface area contributed by atoms with Crippen molar-refractivity contribution in [3.05, 3.63) is 60.2 Å². The van der Waals surface area contributed by atoms with Crippen molar-refractivity contribution >= 4 is 23.4 Å². The summed E-state index contributed by atoms with van der Waals surface area (Å²) >= 11 is 0. The van der Waals surface area contributed by atoms with E-state index in [2.05, 4.69) is 10.6 Å². The van der Waals surface area contributed by atoms with Crippen LogP contribution in [-0.2, 0) is 25.7 Å². The third kappa shape index (κ3) is 4.48. The van der Waals surface area contributed by atoms with Crippen molar-refractivity contribution in [1.82, 2.24) is 10.2 Å². The molecular weight excluding hydrogens is 538 g/mol. The standard InChI is InChI=1S/C32H35N3O7/c1-2-39-22-11-9-21(10-12-22)33-29(36)26-24-14-15-32(42-24)27(26)31(38)35(17-19-8-13-23-25(16-19)41-18-40-23)28(32)30(37)34-20-6-4-3-5-7-20/h8-16,20,24,26-28H,2-7,17-18H2,1H3,(H,33,36)(H,34,37)/t24-,26-,27-,28-,32-/m1/s1. The number of ether oxygens (including phenoxy) is 4. The number of fused-ring (bicyclic) bond motifs is 2. The lowest BCUT2D eigenvalue weighted by molar-refractivity contribution is -0.142. The van der Waals surface area contributed by atoms with Crippen LogP contribution in [0.5, 0.6) is 17.2 Å². The van der Waals surface area contributed by atoms with Gasteiger partial charge in [-0.2, -0.15) is 0 Å². The van der Waals surface area contributed by atoms with Crippen LogP contribution in [0.15, 0.2) is 54.6 Å². The quantitative estimate of drug-likeness (QED) is 0.464. The van der Waals surface area contributed by atoms with Gasteiger partial charge in [-0.05, 0) is 61.7 Å². The van der Waals surface area contributed by atoms with Gasteiger partial charge in [0.25, 0.3) is 0 Å². The number of anilines is 1. The first kappa shape index (κ1) is 26.8. The van der Waals surface area contributed by atoms with Crippen molar-refractivity contribution in [2.45, 2.75) is 69.4 Å². The highest BCUT2D eigenvalue weighted by Gasteiger charge is 2.72. The molecule has 10 nitrogen and oxygen atoms in total. The molecule has 220 valence electrons. The van der Waals surface area contributed by atoms with Crippen LogP contribution in [0.25, 0.3) is 0 Å². The topological polar surface area (TPSA) is 115 Å². The lowest BCUT2D eigenvalue weighted by Crippen LogP contribution is -2.56. The van der Waals surface area contributed by atoms with Crippen molar-refractivity contribution in [3.63, 3.8) is 0 Å². The number of hydrogen-bond acceptors (Lipinski definition) is 7. The first-order valence-electron chi connectivity index (χ1n) is 14.9. The first-order chi connectivity index (χ1) is 20.5. The summed E-state index contributed by atoms with van der Waals surface area (Å²) < 4.78 is 23.0. The highest BCUT2D eigenvalue weighted by molar-refractivity contribution is 6.02. The molecule has 2 bridgehead atoms. The third-order valence-electron chi connectivity index (χ3n) is 9.10. The van der Waals surface area contributed by atoms with Gasteiger partial charge in [-0.1, -0.05) is 37.5 Å². The zero-order valence-electron chi connectivity index (χ0n) is 23.5. The summed E-state index contributed by atoms with van der Waals surface area (Å²) in [6, 6.07) is 11.8. The minimum Gasteiger partial charge on any atom is -0.494 e. The molecule has 3 fully saturated rings. The van der Waals surface area contributed by atoms with Gasteiger partial charge in [0.05, 0.1) is 24.5 Å². The Hall–Kier alpha value is -4.05. The minimum atomic E-state index is -1.22. The summed E-state index contributed by atoms with van der Waals surface area (Å²) in [6.45, 7) is 2.77. The molecule has 2 N–H and O–H groups in total. The summed E-state index contributed by atoms with van der Waals surface area (Å²) in [5.41, 5.74) is 0.171. The molecule has 5 aliphatic rings. The van der Waals surface area contributed by atoms with E-state index in [0.717, 1.165) is 37.7 Å². The highest BCUT2D eigenvalue weighted by atomic mass is 16.7. The zero-order chi connectivity index (χ0) is 28.8. The largest absolute Gasteiger partial charge is 0.494 e.